The molecule has 8 heteroatoms. The molecule has 0 aliphatic carbocycles. The quantitative estimate of drug-likeness (QED) is 0.302. The Balaban J connectivity index is 1.24. The number of ether oxygens (including phenoxy) is 1. The highest BCUT2D eigenvalue weighted by Crippen LogP contribution is 2.25. The molecule has 1 aromatic heterocycles. The molecule has 4 rings (SSSR count). The molecular weight excluding hydrogens is 424 g/mol. The highest BCUT2D eigenvalue weighted by Gasteiger charge is 2.34. The molecule has 0 fully saturated rings. The average Bonchev–Trinajstić information content (AvgIpc) is 3.34. The van der Waals surface area contributed by atoms with Crippen LogP contribution in [-0.2, 0) is 4.74 Å². The molecule has 0 N–H and O–H groups in total. The fourth-order valence-electron chi connectivity index (χ4n) is 3.15. The predicted molar refractivity (Wildman–Crippen MR) is 114 cm³/mol. The second kappa shape index (κ2) is 8.77. The summed E-state index contributed by atoms with van der Waals surface area (Å²) in [6.07, 6.45) is 1.08. The van der Waals surface area contributed by atoms with Crippen LogP contribution in [0, 0.1) is 0 Å². The Hall–Kier alpha value is -3.03. The molecule has 1 aliphatic heterocycles. The maximum absolute atomic E-state index is 12.3. The van der Waals surface area contributed by atoms with E-state index in [0.717, 1.165) is 5.56 Å². The summed E-state index contributed by atoms with van der Waals surface area (Å²) in [5.74, 6) is -1.04. The summed E-state index contributed by atoms with van der Waals surface area (Å²) in [5, 5.41) is 3.01. The summed E-state index contributed by atoms with van der Waals surface area (Å²) < 4.78 is 5.27. The highest BCUT2D eigenvalue weighted by molar-refractivity contribution is 7.13. The Labute approximate surface area is 182 Å². The number of benzene rings is 2. The Morgan fingerprint density at radius 1 is 1.00 bits per heavy atom. The van der Waals surface area contributed by atoms with E-state index in [4.69, 9.17) is 16.3 Å². The second-order valence-electron chi connectivity index (χ2n) is 6.70. The largest absolute Gasteiger partial charge is 0.461 e. The first-order valence-corrected chi connectivity index (χ1v) is 10.6. The molecule has 0 unspecified atom stereocenters. The summed E-state index contributed by atoms with van der Waals surface area (Å²) in [6.45, 7) is 0.483. The number of rotatable bonds is 7. The molecule has 0 bridgehead atoms. The first-order valence-electron chi connectivity index (χ1n) is 9.38. The molecule has 2 aromatic carbocycles. The SMILES string of the molecule is O=C(OCCCCN1C(=O)c2ccccc2C1=O)c1csc(-c2ccc(Cl)cc2)n1. The first kappa shape index (κ1) is 20.3. The number of carbonyl (C=O) groups excluding carboxylic acids is 3. The highest BCUT2D eigenvalue weighted by atomic mass is 35.5. The van der Waals surface area contributed by atoms with Gasteiger partial charge in [0.15, 0.2) is 5.69 Å². The number of amides is 2. The van der Waals surface area contributed by atoms with Gasteiger partial charge in [0.2, 0.25) is 0 Å². The van der Waals surface area contributed by atoms with Gasteiger partial charge in [-0.1, -0.05) is 35.9 Å². The van der Waals surface area contributed by atoms with E-state index < -0.39 is 5.97 Å². The maximum atomic E-state index is 12.3. The Bertz CT molecular complexity index is 1080. The first-order chi connectivity index (χ1) is 14.5. The summed E-state index contributed by atoms with van der Waals surface area (Å²) in [6, 6.07) is 14.0. The van der Waals surface area contributed by atoms with Crippen molar-refractivity contribution in [2.75, 3.05) is 13.2 Å². The Kier molecular flexibility index (Phi) is 5.92. The number of hydrogen-bond acceptors (Lipinski definition) is 6. The van der Waals surface area contributed by atoms with Crippen LogP contribution in [0.4, 0.5) is 0 Å². The standard InChI is InChI=1S/C22H17ClN2O4S/c23-15-9-7-14(8-10-15)19-24-18(13-30-19)22(28)29-12-4-3-11-25-20(26)16-5-1-2-6-17(16)21(25)27/h1-2,5-10,13H,3-4,11-12H2. The summed E-state index contributed by atoms with van der Waals surface area (Å²) in [5.41, 5.74) is 2.01. The van der Waals surface area contributed by atoms with Gasteiger partial charge in [0, 0.05) is 22.5 Å². The predicted octanol–water partition coefficient (Wildman–Crippen LogP) is 4.70. The van der Waals surface area contributed by atoms with Crippen LogP contribution in [0.3, 0.4) is 0 Å². The van der Waals surface area contributed by atoms with Crippen molar-refractivity contribution in [3.63, 3.8) is 0 Å². The molecular formula is C22H17ClN2O4S. The lowest BCUT2D eigenvalue weighted by Gasteiger charge is -2.13. The third kappa shape index (κ3) is 4.13. The number of aromatic nitrogens is 1. The molecule has 6 nitrogen and oxygen atoms in total. The van der Waals surface area contributed by atoms with Crippen LogP contribution in [0.2, 0.25) is 5.02 Å². The number of esters is 1. The number of carbonyl (C=O) groups is 3. The molecule has 0 saturated heterocycles. The van der Waals surface area contributed by atoms with Crippen LogP contribution >= 0.6 is 22.9 Å². The second-order valence-corrected chi connectivity index (χ2v) is 7.99. The van der Waals surface area contributed by atoms with E-state index in [1.54, 1.807) is 41.8 Å². The Morgan fingerprint density at radius 2 is 1.67 bits per heavy atom. The van der Waals surface area contributed by atoms with E-state index in [-0.39, 0.29) is 24.1 Å². The number of unbranched alkanes of at least 4 members (excludes halogenated alkanes) is 1. The smallest absolute Gasteiger partial charge is 0.357 e. The van der Waals surface area contributed by atoms with E-state index in [0.29, 0.717) is 40.5 Å². The minimum Gasteiger partial charge on any atom is -0.461 e. The number of halogens is 1. The minimum absolute atomic E-state index is 0.190. The average molecular weight is 441 g/mol. The van der Waals surface area contributed by atoms with Crippen molar-refractivity contribution in [2.45, 2.75) is 12.8 Å². The molecule has 0 radical (unpaired) electrons. The zero-order valence-corrected chi connectivity index (χ0v) is 17.4. The molecule has 152 valence electrons. The van der Waals surface area contributed by atoms with Crippen LogP contribution in [0.15, 0.2) is 53.9 Å². The van der Waals surface area contributed by atoms with Gasteiger partial charge in [-0.3, -0.25) is 14.5 Å². The van der Waals surface area contributed by atoms with Gasteiger partial charge >= 0.3 is 5.97 Å². The lowest BCUT2D eigenvalue weighted by atomic mass is 10.1. The van der Waals surface area contributed by atoms with Gasteiger partial charge in [0.1, 0.15) is 5.01 Å². The summed E-state index contributed by atoms with van der Waals surface area (Å²) in [7, 11) is 0. The molecule has 1 aliphatic rings. The van der Waals surface area contributed by atoms with Gasteiger partial charge in [0.05, 0.1) is 17.7 Å². The van der Waals surface area contributed by atoms with Crippen molar-refractivity contribution in [3.8, 4) is 10.6 Å². The topological polar surface area (TPSA) is 76.6 Å². The number of thiazole rings is 1. The molecule has 0 spiro atoms. The summed E-state index contributed by atoms with van der Waals surface area (Å²) >= 11 is 7.24. The monoisotopic (exact) mass is 440 g/mol. The molecule has 30 heavy (non-hydrogen) atoms. The van der Waals surface area contributed by atoms with E-state index in [1.807, 2.05) is 12.1 Å². The molecule has 3 aromatic rings. The van der Waals surface area contributed by atoms with Crippen molar-refractivity contribution >= 4 is 40.7 Å². The number of nitrogens with zero attached hydrogens (tertiary/aromatic N) is 2. The van der Waals surface area contributed by atoms with Crippen molar-refractivity contribution in [3.05, 3.63) is 75.8 Å². The van der Waals surface area contributed by atoms with Gasteiger partial charge in [-0.25, -0.2) is 9.78 Å². The minimum atomic E-state index is -0.493. The van der Waals surface area contributed by atoms with Crippen molar-refractivity contribution in [1.29, 1.82) is 0 Å². The van der Waals surface area contributed by atoms with E-state index in [1.165, 1.54) is 16.2 Å². The molecule has 2 amide bonds. The van der Waals surface area contributed by atoms with Gasteiger partial charge in [-0.2, -0.15) is 0 Å². The van der Waals surface area contributed by atoms with Gasteiger partial charge < -0.3 is 4.74 Å². The van der Waals surface area contributed by atoms with Crippen LogP contribution in [-0.4, -0.2) is 40.8 Å². The van der Waals surface area contributed by atoms with Crippen molar-refractivity contribution in [2.24, 2.45) is 0 Å². The fourth-order valence-corrected chi connectivity index (χ4v) is 4.07. The van der Waals surface area contributed by atoms with E-state index in [2.05, 4.69) is 4.98 Å². The molecule has 0 saturated carbocycles. The van der Waals surface area contributed by atoms with Gasteiger partial charge in [-0.15, -0.1) is 11.3 Å². The van der Waals surface area contributed by atoms with Crippen molar-refractivity contribution < 1.29 is 19.1 Å². The van der Waals surface area contributed by atoms with Crippen molar-refractivity contribution in [1.82, 2.24) is 9.88 Å². The zero-order chi connectivity index (χ0) is 21.1. The summed E-state index contributed by atoms with van der Waals surface area (Å²) in [4.78, 5) is 42.4. The van der Waals surface area contributed by atoms with Crippen LogP contribution in [0.1, 0.15) is 44.0 Å². The normalized spacial score (nSPS) is 12.9. The molecule has 0 atom stereocenters. The van der Waals surface area contributed by atoms with E-state index >= 15 is 0 Å². The van der Waals surface area contributed by atoms with Crippen LogP contribution in [0.5, 0.6) is 0 Å². The zero-order valence-electron chi connectivity index (χ0n) is 15.8. The van der Waals surface area contributed by atoms with Gasteiger partial charge in [0.25, 0.3) is 11.8 Å². The molecule has 2 heterocycles. The Morgan fingerprint density at radius 3 is 2.33 bits per heavy atom. The fraction of sp³-hybridized carbons (Fsp3) is 0.182. The lowest BCUT2D eigenvalue weighted by Crippen LogP contribution is -2.30. The maximum Gasteiger partial charge on any atom is 0.357 e. The third-order valence-electron chi connectivity index (χ3n) is 4.69. The van der Waals surface area contributed by atoms with Crippen LogP contribution in [0.25, 0.3) is 10.6 Å². The lowest BCUT2D eigenvalue weighted by molar-refractivity contribution is 0.0480. The number of fused-ring (bicyclic) bond motifs is 1. The van der Waals surface area contributed by atoms with Crippen LogP contribution < -0.4 is 0 Å². The van der Waals surface area contributed by atoms with Gasteiger partial charge in [-0.05, 0) is 37.1 Å². The number of imide groups is 1. The third-order valence-corrected chi connectivity index (χ3v) is 5.84. The van der Waals surface area contributed by atoms with E-state index in [9.17, 15) is 14.4 Å². The number of hydrogen-bond donors (Lipinski definition) is 0.